The number of furan rings is 1. The lowest BCUT2D eigenvalue weighted by molar-refractivity contribution is -0.127. The Morgan fingerprint density at radius 2 is 1.76 bits per heavy atom. The molecule has 3 rings (SSSR count). The molecular weight excluding hydrogens is 370 g/mol. The Morgan fingerprint density at radius 1 is 1.03 bits per heavy atom. The molecule has 1 atom stereocenters. The second-order valence-corrected chi connectivity index (χ2v) is 8.37. The van der Waals surface area contributed by atoms with Gasteiger partial charge >= 0.3 is 0 Å². The van der Waals surface area contributed by atoms with Crippen molar-refractivity contribution < 1.29 is 18.8 Å². The van der Waals surface area contributed by atoms with Crippen LogP contribution in [0.4, 0.5) is 0 Å². The fourth-order valence-electron chi connectivity index (χ4n) is 3.36. The molecule has 1 aliphatic heterocycles. The van der Waals surface area contributed by atoms with Gasteiger partial charge in [0.2, 0.25) is 5.91 Å². The Balaban J connectivity index is 1.53. The second kappa shape index (κ2) is 8.51. The summed E-state index contributed by atoms with van der Waals surface area (Å²) in [6.45, 7) is 7.22. The van der Waals surface area contributed by atoms with Gasteiger partial charge in [0.05, 0.1) is 17.7 Å². The minimum atomic E-state index is -0.374. The van der Waals surface area contributed by atoms with Crippen LogP contribution in [0.1, 0.15) is 59.9 Å². The van der Waals surface area contributed by atoms with Gasteiger partial charge in [-0.05, 0) is 42.0 Å². The number of nitrogens with one attached hydrogen (secondary N) is 2. The lowest BCUT2D eigenvalue weighted by atomic mass is 9.87. The lowest BCUT2D eigenvalue weighted by Gasteiger charge is -2.31. The van der Waals surface area contributed by atoms with E-state index in [1.54, 1.807) is 23.1 Å². The molecule has 7 heteroatoms. The summed E-state index contributed by atoms with van der Waals surface area (Å²) in [5, 5.41) is 0. The molecule has 0 radical (unpaired) electrons. The van der Waals surface area contributed by atoms with Crippen molar-refractivity contribution in [2.45, 2.75) is 39.0 Å². The highest BCUT2D eigenvalue weighted by atomic mass is 16.3. The first-order valence-electron chi connectivity index (χ1n) is 9.78. The van der Waals surface area contributed by atoms with Crippen LogP contribution in [-0.2, 0) is 10.2 Å². The summed E-state index contributed by atoms with van der Waals surface area (Å²) in [4.78, 5) is 38.9. The maximum absolute atomic E-state index is 12.5. The van der Waals surface area contributed by atoms with E-state index in [2.05, 4.69) is 31.6 Å². The summed E-state index contributed by atoms with van der Waals surface area (Å²) in [5.74, 6) is -1.20. The molecule has 29 heavy (non-hydrogen) atoms. The zero-order chi connectivity index (χ0) is 21.0. The Bertz CT molecular complexity index is 866. The number of amides is 3. The van der Waals surface area contributed by atoms with E-state index in [-0.39, 0.29) is 29.1 Å². The third-order valence-electron chi connectivity index (χ3n) is 5.16. The Kier molecular flexibility index (Phi) is 6.06. The number of hydrogen-bond acceptors (Lipinski definition) is 4. The number of hydrogen-bond donors (Lipinski definition) is 2. The molecule has 1 aliphatic rings. The van der Waals surface area contributed by atoms with Gasteiger partial charge in [-0.25, -0.2) is 0 Å². The van der Waals surface area contributed by atoms with Crippen LogP contribution in [0, 0.1) is 5.92 Å². The minimum Gasteiger partial charge on any atom is -0.472 e. The van der Waals surface area contributed by atoms with E-state index in [1.807, 2.05) is 12.1 Å². The SMILES string of the molecule is CC(C)(C)c1ccc(C(=O)NNC(=O)C2CCCN(C(=O)c3ccoc3)C2)cc1. The van der Waals surface area contributed by atoms with E-state index in [0.29, 0.717) is 30.6 Å². The summed E-state index contributed by atoms with van der Waals surface area (Å²) in [6.07, 6.45) is 4.24. The van der Waals surface area contributed by atoms with Crippen LogP contribution in [0.25, 0.3) is 0 Å². The predicted octanol–water partition coefficient (Wildman–Crippen LogP) is 2.89. The third kappa shape index (κ3) is 5.04. The van der Waals surface area contributed by atoms with Crippen LogP contribution < -0.4 is 10.9 Å². The quantitative estimate of drug-likeness (QED) is 0.779. The van der Waals surface area contributed by atoms with Gasteiger partial charge in [-0.1, -0.05) is 32.9 Å². The van der Waals surface area contributed by atoms with Gasteiger partial charge in [-0.3, -0.25) is 25.2 Å². The maximum atomic E-state index is 12.5. The van der Waals surface area contributed by atoms with Gasteiger partial charge in [-0.15, -0.1) is 0 Å². The molecule has 0 spiro atoms. The Hall–Kier alpha value is -3.09. The van der Waals surface area contributed by atoms with Gasteiger partial charge < -0.3 is 9.32 Å². The van der Waals surface area contributed by atoms with Crippen LogP contribution in [-0.4, -0.2) is 35.7 Å². The van der Waals surface area contributed by atoms with Crippen molar-refractivity contribution in [2.75, 3.05) is 13.1 Å². The number of piperidine rings is 1. The Labute approximate surface area is 170 Å². The minimum absolute atomic E-state index is 0.00394. The van der Waals surface area contributed by atoms with Crippen molar-refractivity contribution in [3.8, 4) is 0 Å². The fraction of sp³-hybridized carbons (Fsp3) is 0.409. The second-order valence-electron chi connectivity index (χ2n) is 8.37. The molecule has 1 unspecified atom stereocenters. The van der Waals surface area contributed by atoms with E-state index in [1.165, 1.54) is 12.5 Å². The van der Waals surface area contributed by atoms with Crippen molar-refractivity contribution in [2.24, 2.45) is 5.92 Å². The first-order valence-corrected chi connectivity index (χ1v) is 9.78. The smallest absolute Gasteiger partial charge is 0.269 e. The topological polar surface area (TPSA) is 91.7 Å². The average molecular weight is 397 g/mol. The molecule has 7 nitrogen and oxygen atoms in total. The van der Waals surface area contributed by atoms with Crippen molar-refractivity contribution >= 4 is 17.7 Å². The highest BCUT2D eigenvalue weighted by Gasteiger charge is 2.29. The molecule has 1 aromatic carbocycles. The highest BCUT2D eigenvalue weighted by molar-refractivity contribution is 5.96. The number of carbonyl (C=O) groups is 3. The van der Waals surface area contributed by atoms with Crippen LogP contribution in [0.3, 0.4) is 0 Å². The van der Waals surface area contributed by atoms with Gasteiger partial charge in [0.25, 0.3) is 11.8 Å². The van der Waals surface area contributed by atoms with Crippen LogP contribution in [0.15, 0.2) is 47.3 Å². The standard InChI is InChI=1S/C22H27N3O4/c1-22(2,3)18-8-6-15(7-9-18)19(26)23-24-20(27)16-5-4-11-25(13-16)21(28)17-10-12-29-14-17/h6-10,12,14,16H,4-5,11,13H2,1-3H3,(H,23,26)(H,24,27). The lowest BCUT2D eigenvalue weighted by Crippen LogP contribution is -2.50. The molecule has 1 fully saturated rings. The molecule has 2 aromatic rings. The number of likely N-dealkylation sites (tertiary alicyclic amines) is 1. The molecule has 154 valence electrons. The number of hydrazine groups is 1. The number of carbonyl (C=O) groups excluding carboxylic acids is 3. The van der Waals surface area contributed by atoms with Crippen molar-refractivity contribution in [3.05, 3.63) is 59.5 Å². The highest BCUT2D eigenvalue weighted by Crippen LogP contribution is 2.22. The molecule has 0 aliphatic carbocycles. The van der Waals surface area contributed by atoms with Crippen molar-refractivity contribution in [1.29, 1.82) is 0 Å². The fourth-order valence-corrected chi connectivity index (χ4v) is 3.36. The third-order valence-corrected chi connectivity index (χ3v) is 5.16. The molecule has 0 saturated carbocycles. The summed E-state index contributed by atoms with van der Waals surface area (Å²) >= 11 is 0. The Morgan fingerprint density at radius 3 is 2.38 bits per heavy atom. The molecule has 2 N–H and O–H groups in total. The van der Waals surface area contributed by atoms with Crippen LogP contribution >= 0.6 is 0 Å². The van der Waals surface area contributed by atoms with E-state index in [9.17, 15) is 14.4 Å². The normalized spacial score (nSPS) is 16.9. The zero-order valence-electron chi connectivity index (χ0n) is 17.0. The maximum Gasteiger partial charge on any atom is 0.269 e. The van der Waals surface area contributed by atoms with E-state index >= 15 is 0 Å². The van der Waals surface area contributed by atoms with E-state index < -0.39 is 0 Å². The van der Waals surface area contributed by atoms with Gasteiger partial charge in [0, 0.05) is 18.7 Å². The van der Waals surface area contributed by atoms with Crippen LogP contribution in [0.5, 0.6) is 0 Å². The van der Waals surface area contributed by atoms with Gasteiger partial charge in [-0.2, -0.15) is 0 Å². The summed E-state index contributed by atoms with van der Waals surface area (Å²) < 4.78 is 4.96. The summed E-state index contributed by atoms with van der Waals surface area (Å²) in [5.41, 5.74) is 7.04. The van der Waals surface area contributed by atoms with E-state index in [0.717, 1.165) is 12.0 Å². The number of benzene rings is 1. The van der Waals surface area contributed by atoms with Gasteiger partial charge in [0.15, 0.2) is 0 Å². The van der Waals surface area contributed by atoms with E-state index in [4.69, 9.17) is 4.42 Å². The first kappa shape index (κ1) is 20.6. The zero-order valence-corrected chi connectivity index (χ0v) is 17.0. The monoisotopic (exact) mass is 397 g/mol. The van der Waals surface area contributed by atoms with Crippen molar-refractivity contribution in [1.82, 2.24) is 15.8 Å². The first-order chi connectivity index (χ1) is 13.8. The summed E-state index contributed by atoms with van der Waals surface area (Å²) in [7, 11) is 0. The predicted molar refractivity (Wildman–Crippen MR) is 108 cm³/mol. The van der Waals surface area contributed by atoms with Crippen molar-refractivity contribution in [3.63, 3.8) is 0 Å². The van der Waals surface area contributed by atoms with Gasteiger partial charge in [0.1, 0.15) is 6.26 Å². The largest absolute Gasteiger partial charge is 0.472 e. The molecular formula is C22H27N3O4. The molecule has 1 aromatic heterocycles. The molecule has 2 heterocycles. The molecule has 3 amide bonds. The average Bonchev–Trinajstić information content (AvgIpc) is 3.25. The molecule has 0 bridgehead atoms. The summed E-state index contributed by atoms with van der Waals surface area (Å²) in [6, 6.07) is 8.92. The molecule has 1 saturated heterocycles. The number of rotatable bonds is 3. The number of nitrogens with zero attached hydrogens (tertiary/aromatic N) is 1. The van der Waals surface area contributed by atoms with Crippen LogP contribution in [0.2, 0.25) is 0 Å².